The quantitative estimate of drug-likeness (QED) is 0.495. The van der Waals surface area contributed by atoms with E-state index in [0.29, 0.717) is 6.07 Å². The highest BCUT2D eigenvalue weighted by atomic mass is 35.5. The number of rotatable bonds is 5. The summed E-state index contributed by atoms with van der Waals surface area (Å²) in [7, 11) is 0. The number of benzene rings is 1. The summed E-state index contributed by atoms with van der Waals surface area (Å²) in [5, 5.41) is 13.6. The molecule has 0 heterocycles. The van der Waals surface area contributed by atoms with Gasteiger partial charge in [-0.3, -0.25) is 4.79 Å². The second-order valence-electron chi connectivity index (χ2n) is 3.38. The van der Waals surface area contributed by atoms with Crippen LogP contribution in [0.4, 0.5) is 14.5 Å². The molecule has 100 valence electrons. The van der Waals surface area contributed by atoms with Crippen LogP contribution in [-0.2, 0) is 4.79 Å². The zero-order valence-electron chi connectivity index (χ0n) is 9.71. The Morgan fingerprint density at radius 2 is 2.21 bits per heavy atom. The van der Waals surface area contributed by atoms with Gasteiger partial charge in [0.25, 0.3) is 5.91 Å². The zero-order valence-corrected chi connectivity index (χ0v) is 10.5. The Kier molecular flexibility index (Phi) is 5.76. The number of carbonyl (C=O) groups is 1. The minimum atomic E-state index is -0.824. The van der Waals surface area contributed by atoms with Crippen LogP contribution in [0.5, 0.6) is 0 Å². The molecule has 0 aliphatic heterocycles. The first-order chi connectivity index (χ1) is 9.08. The first-order valence-corrected chi connectivity index (χ1v) is 5.78. The third-order valence-corrected chi connectivity index (χ3v) is 2.24. The van der Waals surface area contributed by atoms with E-state index in [4.69, 9.17) is 16.9 Å². The summed E-state index contributed by atoms with van der Waals surface area (Å²) in [6.45, 7) is 0.213. The van der Waals surface area contributed by atoms with Gasteiger partial charge in [0.1, 0.15) is 23.3 Å². The molecular formula is C12H10ClF2N3O. The molecule has 0 saturated heterocycles. The van der Waals surface area contributed by atoms with E-state index in [1.165, 1.54) is 0 Å². The summed E-state index contributed by atoms with van der Waals surface area (Å²) >= 11 is 5.38. The largest absolute Gasteiger partial charge is 0.358 e. The van der Waals surface area contributed by atoms with Crippen LogP contribution in [0.25, 0.3) is 0 Å². The van der Waals surface area contributed by atoms with Crippen molar-refractivity contribution in [2.45, 2.75) is 0 Å². The first kappa shape index (κ1) is 14.9. The molecule has 1 aromatic carbocycles. The summed E-state index contributed by atoms with van der Waals surface area (Å²) in [4.78, 5) is 11.4. The van der Waals surface area contributed by atoms with Crippen molar-refractivity contribution in [3.05, 3.63) is 41.6 Å². The monoisotopic (exact) mass is 285 g/mol. The fourth-order valence-corrected chi connectivity index (χ4v) is 1.26. The Bertz CT molecular complexity index is 540. The highest BCUT2D eigenvalue weighted by molar-refractivity contribution is 6.18. The molecule has 4 nitrogen and oxygen atoms in total. The molecule has 0 aliphatic rings. The van der Waals surface area contributed by atoms with Crippen molar-refractivity contribution in [3.63, 3.8) is 0 Å². The van der Waals surface area contributed by atoms with Gasteiger partial charge in [-0.1, -0.05) is 0 Å². The molecule has 0 aliphatic carbocycles. The molecular weight excluding hydrogens is 276 g/mol. The number of halogens is 3. The van der Waals surface area contributed by atoms with Crippen molar-refractivity contribution >= 4 is 23.2 Å². The number of nitriles is 1. The Morgan fingerprint density at radius 3 is 2.79 bits per heavy atom. The van der Waals surface area contributed by atoms with Gasteiger partial charge >= 0.3 is 0 Å². The molecule has 1 aromatic rings. The van der Waals surface area contributed by atoms with E-state index < -0.39 is 17.5 Å². The molecule has 0 fully saturated rings. The maximum absolute atomic E-state index is 13.3. The van der Waals surface area contributed by atoms with Crippen molar-refractivity contribution < 1.29 is 13.6 Å². The number of hydrogen-bond acceptors (Lipinski definition) is 3. The van der Waals surface area contributed by atoms with Crippen molar-refractivity contribution in [2.75, 3.05) is 17.7 Å². The van der Waals surface area contributed by atoms with E-state index in [-0.39, 0.29) is 23.7 Å². The summed E-state index contributed by atoms with van der Waals surface area (Å²) in [6.07, 6.45) is 1.04. The molecule has 0 saturated carbocycles. The van der Waals surface area contributed by atoms with E-state index >= 15 is 0 Å². The van der Waals surface area contributed by atoms with Gasteiger partial charge in [0.2, 0.25) is 0 Å². The van der Waals surface area contributed by atoms with Gasteiger partial charge in [-0.2, -0.15) is 5.26 Å². The number of anilines is 1. The maximum atomic E-state index is 13.3. The van der Waals surface area contributed by atoms with Gasteiger partial charge in [-0.05, 0) is 12.1 Å². The second-order valence-corrected chi connectivity index (χ2v) is 3.76. The van der Waals surface area contributed by atoms with Gasteiger partial charge in [-0.25, -0.2) is 8.78 Å². The summed E-state index contributed by atoms with van der Waals surface area (Å²) in [6, 6.07) is 4.56. The highest BCUT2D eigenvalue weighted by Gasteiger charge is 2.08. The van der Waals surface area contributed by atoms with E-state index in [1.807, 2.05) is 0 Å². The number of nitrogens with zero attached hydrogens (tertiary/aromatic N) is 1. The van der Waals surface area contributed by atoms with Gasteiger partial charge < -0.3 is 10.6 Å². The third-order valence-electron chi connectivity index (χ3n) is 2.05. The zero-order chi connectivity index (χ0) is 14.3. The molecule has 2 N–H and O–H groups in total. The summed E-state index contributed by atoms with van der Waals surface area (Å²) in [5.41, 5.74) is -0.284. The van der Waals surface area contributed by atoms with Crippen LogP contribution in [0.3, 0.4) is 0 Å². The number of amides is 1. The van der Waals surface area contributed by atoms with Crippen molar-refractivity contribution in [2.24, 2.45) is 0 Å². The number of hydrogen-bond donors (Lipinski definition) is 2. The average Bonchev–Trinajstić information content (AvgIpc) is 2.39. The molecule has 7 heteroatoms. The normalized spacial score (nSPS) is 10.7. The predicted octanol–water partition coefficient (Wildman–Crippen LogP) is 2.14. The van der Waals surface area contributed by atoms with Crippen LogP contribution in [0.2, 0.25) is 0 Å². The van der Waals surface area contributed by atoms with Gasteiger partial charge in [0, 0.05) is 24.7 Å². The molecule has 19 heavy (non-hydrogen) atoms. The topological polar surface area (TPSA) is 64.9 Å². The molecule has 0 spiro atoms. The fraction of sp³-hybridized carbons (Fsp3) is 0.167. The highest BCUT2D eigenvalue weighted by Crippen LogP contribution is 2.15. The third kappa shape index (κ3) is 4.56. The lowest BCUT2D eigenvalue weighted by atomic mass is 10.2. The number of alkyl halides is 1. The van der Waals surface area contributed by atoms with Gasteiger partial charge in [0.15, 0.2) is 0 Å². The SMILES string of the molecule is N#C/C(=C/Nc1ccc(F)cc1F)C(=O)NCCCl. The fourth-order valence-electron chi connectivity index (χ4n) is 1.16. The second kappa shape index (κ2) is 7.34. The lowest BCUT2D eigenvalue weighted by molar-refractivity contribution is -0.117. The number of carbonyl (C=O) groups excluding carboxylic acids is 1. The molecule has 0 radical (unpaired) electrons. The van der Waals surface area contributed by atoms with Crippen molar-refractivity contribution in [1.29, 1.82) is 5.26 Å². The molecule has 0 unspecified atom stereocenters. The maximum Gasteiger partial charge on any atom is 0.263 e. The molecule has 1 amide bonds. The predicted molar refractivity (Wildman–Crippen MR) is 67.4 cm³/mol. The van der Waals surface area contributed by atoms with Crippen LogP contribution in [-0.4, -0.2) is 18.3 Å². The van der Waals surface area contributed by atoms with Crippen LogP contribution < -0.4 is 10.6 Å². The Labute approximate surface area is 113 Å². The Hall–Kier alpha value is -2.13. The summed E-state index contributed by atoms with van der Waals surface area (Å²) in [5.74, 6) is -1.95. The minimum absolute atomic E-state index is 0.0423. The van der Waals surface area contributed by atoms with Gasteiger partial charge in [0.05, 0.1) is 5.69 Å². The number of nitrogens with one attached hydrogen (secondary N) is 2. The Morgan fingerprint density at radius 1 is 1.47 bits per heavy atom. The van der Waals surface area contributed by atoms with Crippen LogP contribution in [0, 0.1) is 23.0 Å². The Balaban J connectivity index is 2.77. The van der Waals surface area contributed by atoms with Crippen LogP contribution in [0.15, 0.2) is 30.0 Å². The lowest BCUT2D eigenvalue weighted by Gasteiger charge is -2.04. The average molecular weight is 286 g/mol. The van der Waals surface area contributed by atoms with Crippen molar-refractivity contribution in [3.8, 4) is 6.07 Å². The summed E-state index contributed by atoms with van der Waals surface area (Å²) < 4.78 is 25.9. The molecule has 0 aromatic heterocycles. The van der Waals surface area contributed by atoms with Gasteiger partial charge in [-0.15, -0.1) is 11.6 Å². The van der Waals surface area contributed by atoms with E-state index in [2.05, 4.69) is 10.6 Å². The first-order valence-electron chi connectivity index (χ1n) is 5.24. The van der Waals surface area contributed by atoms with E-state index in [1.54, 1.807) is 6.07 Å². The molecule has 0 atom stereocenters. The van der Waals surface area contributed by atoms with Crippen LogP contribution in [0.1, 0.15) is 0 Å². The smallest absolute Gasteiger partial charge is 0.263 e. The van der Waals surface area contributed by atoms with E-state index in [0.717, 1.165) is 18.3 Å². The lowest BCUT2D eigenvalue weighted by Crippen LogP contribution is -2.26. The van der Waals surface area contributed by atoms with E-state index in [9.17, 15) is 13.6 Å². The molecule has 0 bridgehead atoms. The van der Waals surface area contributed by atoms with Crippen LogP contribution >= 0.6 is 11.6 Å². The minimum Gasteiger partial charge on any atom is -0.358 e. The standard InChI is InChI=1S/C12H10ClF2N3O/c13-3-4-17-12(19)8(6-16)7-18-11-2-1-9(14)5-10(11)15/h1-2,5,7,18H,3-4H2,(H,17,19)/b8-7-. The molecule has 1 rings (SSSR count). The van der Waals surface area contributed by atoms with Crippen molar-refractivity contribution in [1.82, 2.24) is 5.32 Å².